The average molecular weight is 384 g/mol. The van der Waals surface area contributed by atoms with Gasteiger partial charge in [-0.15, -0.1) is 0 Å². The van der Waals surface area contributed by atoms with E-state index in [4.69, 9.17) is 9.47 Å². The van der Waals surface area contributed by atoms with Crippen LogP contribution in [-0.4, -0.2) is 32.2 Å². The Morgan fingerprint density at radius 2 is 1.71 bits per heavy atom. The van der Waals surface area contributed by atoms with Crippen LogP contribution in [0, 0.1) is 0 Å². The van der Waals surface area contributed by atoms with Crippen molar-refractivity contribution >= 4 is 5.91 Å². The van der Waals surface area contributed by atoms with E-state index >= 15 is 0 Å². The number of ether oxygens (including phenoxy) is 2. The lowest BCUT2D eigenvalue weighted by Gasteiger charge is -2.27. The van der Waals surface area contributed by atoms with Gasteiger partial charge >= 0.3 is 0 Å². The highest BCUT2D eigenvalue weighted by Crippen LogP contribution is 2.32. The summed E-state index contributed by atoms with van der Waals surface area (Å²) in [6.07, 6.45) is 0.943. The Morgan fingerprint density at radius 3 is 2.36 bits per heavy atom. The molecular formula is C23H31N2O3+. The molecular weight excluding hydrogens is 352 g/mol. The second-order valence-electron chi connectivity index (χ2n) is 7.24. The topological polar surface area (TPSA) is 52.0 Å². The fraction of sp³-hybridized carbons (Fsp3) is 0.435. The number of carbonyl (C=O) groups is 1. The minimum absolute atomic E-state index is 0.0171. The van der Waals surface area contributed by atoms with Crippen LogP contribution in [0.2, 0.25) is 0 Å². The van der Waals surface area contributed by atoms with E-state index in [1.165, 1.54) is 16.0 Å². The first kappa shape index (κ1) is 20.2. The van der Waals surface area contributed by atoms with E-state index in [2.05, 4.69) is 17.4 Å². The average Bonchev–Trinajstić information content (AvgIpc) is 2.69. The van der Waals surface area contributed by atoms with Gasteiger partial charge in [-0.05, 0) is 44.0 Å². The standard InChI is InChI=1S/C23H30N2O3/c1-4-27-21-13-19-11-12-25(15-20(19)14-22(21)28-5-2)16-23(26)24-17(3)18-9-7-6-8-10-18/h6-10,13-14,17H,4-5,11-12,15-16H2,1-3H3,(H,24,26)/p+1/t17-/m1/s1. The van der Waals surface area contributed by atoms with Crippen molar-refractivity contribution < 1.29 is 19.2 Å². The van der Waals surface area contributed by atoms with Gasteiger partial charge in [0.15, 0.2) is 18.0 Å². The van der Waals surface area contributed by atoms with E-state index < -0.39 is 0 Å². The second kappa shape index (κ2) is 9.60. The molecule has 3 rings (SSSR count). The maximum atomic E-state index is 12.5. The Kier molecular flexibility index (Phi) is 6.93. The third kappa shape index (κ3) is 5.04. The van der Waals surface area contributed by atoms with Crippen LogP contribution in [0.15, 0.2) is 42.5 Å². The highest BCUT2D eigenvalue weighted by atomic mass is 16.5. The van der Waals surface area contributed by atoms with Crippen LogP contribution in [0.25, 0.3) is 0 Å². The summed E-state index contributed by atoms with van der Waals surface area (Å²) in [6, 6.07) is 14.3. The lowest BCUT2D eigenvalue weighted by molar-refractivity contribution is -0.908. The van der Waals surface area contributed by atoms with Gasteiger partial charge in [0.2, 0.25) is 0 Å². The molecule has 1 unspecified atom stereocenters. The van der Waals surface area contributed by atoms with E-state index in [0.717, 1.165) is 36.6 Å². The number of nitrogens with one attached hydrogen (secondary N) is 2. The highest BCUT2D eigenvalue weighted by molar-refractivity contribution is 5.77. The summed E-state index contributed by atoms with van der Waals surface area (Å²) in [5, 5.41) is 3.12. The quantitative estimate of drug-likeness (QED) is 0.736. The van der Waals surface area contributed by atoms with Crippen molar-refractivity contribution in [2.45, 2.75) is 39.8 Å². The van der Waals surface area contributed by atoms with Crippen LogP contribution in [0.4, 0.5) is 0 Å². The molecule has 5 heteroatoms. The number of hydrogen-bond donors (Lipinski definition) is 2. The summed E-state index contributed by atoms with van der Waals surface area (Å²) in [4.78, 5) is 13.8. The van der Waals surface area contributed by atoms with Gasteiger partial charge in [-0.1, -0.05) is 30.3 Å². The fourth-order valence-corrected chi connectivity index (χ4v) is 3.74. The first-order valence-electron chi connectivity index (χ1n) is 10.2. The molecule has 0 bridgehead atoms. The van der Waals surface area contributed by atoms with Crippen LogP contribution >= 0.6 is 0 Å². The van der Waals surface area contributed by atoms with Gasteiger partial charge in [0, 0.05) is 12.0 Å². The fourth-order valence-electron chi connectivity index (χ4n) is 3.74. The lowest BCUT2D eigenvalue weighted by Crippen LogP contribution is -3.12. The van der Waals surface area contributed by atoms with E-state index in [-0.39, 0.29) is 11.9 Å². The first-order valence-corrected chi connectivity index (χ1v) is 10.2. The van der Waals surface area contributed by atoms with Crippen LogP contribution < -0.4 is 19.7 Å². The van der Waals surface area contributed by atoms with Crippen LogP contribution in [-0.2, 0) is 17.8 Å². The Labute approximate surface area is 167 Å². The SMILES string of the molecule is CCOc1cc2c(cc1OCC)C[NH+](CC(=O)N[C@H](C)c1ccccc1)CC2. The number of hydrogen-bond acceptors (Lipinski definition) is 3. The maximum absolute atomic E-state index is 12.5. The van der Waals surface area contributed by atoms with Crippen molar-refractivity contribution in [2.75, 3.05) is 26.3 Å². The van der Waals surface area contributed by atoms with Crippen LogP contribution in [0.5, 0.6) is 11.5 Å². The van der Waals surface area contributed by atoms with Gasteiger partial charge in [0.1, 0.15) is 6.54 Å². The van der Waals surface area contributed by atoms with Gasteiger partial charge in [0.25, 0.3) is 5.91 Å². The molecule has 0 fully saturated rings. The number of fused-ring (bicyclic) bond motifs is 1. The van der Waals surface area contributed by atoms with Crippen molar-refractivity contribution in [1.82, 2.24) is 5.32 Å². The molecule has 2 atom stereocenters. The molecule has 2 aromatic carbocycles. The molecule has 1 aliphatic rings. The Bertz CT molecular complexity index is 792. The molecule has 0 radical (unpaired) electrons. The molecule has 150 valence electrons. The second-order valence-corrected chi connectivity index (χ2v) is 7.24. The van der Waals surface area contributed by atoms with Crippen molar-refractivity contribution in [3.8, 4) is 11.5 Å². The molecule has 28 heavy (non-hydrogen) atoms. The summed E-state index contributed by atoms with van der Waals surface area (Å²) in [5.41, 5.74) is 3.67. The zero-order valence-electron chi connectivity index (χ0n) is 17.1. The smallest absolute Gasteiger partial charge is 0.275 e. The molecule has 0 spiro atoms. The molecule has 0 saturated carbocycles. The summed E-state index contributed by atoms with van der Waals surface area (Å²) in [7, 11) is 0. The van der Waals surface area contributed by atoms with E-state index in [1.54, 1.807) is 0 Å². The molecule has 1 amide bonds. The van der Waals surface area contributed by atoms with Gasteiger partial charge in [-0.25, -0.2) is 0 Å². The molecule has 5 nitrogen and oxygen atoms in total. The number of amides is 1. The van der Waals surface area contributed by atoms with Crippen LogP contribution in [0.1, 0.15) is 43.5 Å². The summed E-state index contributed by atoms with van der Waals surface area (Å²) < 4.78 is 11.5. The Hall–Kier alpha value is -2.53. The zero-order chi connectivity index (χ0) is 19.9. The largest absolute Gasteiger partial charge is 0.490 e. The van der Waals surface area contributed by atoms with Gasteiger partial charge < -0.3 is 19.7 Å². The monoisotopic (exact) mass is 383 g/mol. The predicted octanol–water partition coefficient (Wildman–Crippen LogP) is 2.30. The van der Waals surface area contributed by atoms with Gasteiger partial charge in [-0.3, -0.25) is 4.79 Å². The zero-order valence-corrected chi connectivity index (χ0v) is 17.1. The van der Waals surface area contributed by atoms with Crippen molar-refractivity contribution in [2.24, 2.45) is 0 Å². The molecule has 0 aromatic heterocycles. The number of benzene rings is 2. The normalized spacial score (nSPS) is 16.8. The van der Waals surface area contributed by atoms with Crippen molar-refractivity contribution in [3.63, 3.8) is 0 Å². The van der Waals surface area contributed by atoms with Gasteiger partial charge in [-0.2, -0.15) is 0 Å². The molecule has 1 aliphatic heterocycles. The number of carbonyl (C=O) groups excluding carboxylic acids is 1. The van der Waals surface area contributed by atoms with E-state index in [0.29, 0.717) is 19.8 Å². The van der Waals surface area contributed by atoms with Crippen molar-refractivity contribution in [1.29, 1.82) is 0 Å². The Balaban J connectivity index is 1.62. The summed E-state index contributed by atoms with van der Waals surface area (Å²) in [6.45, 7) is 9.46. The first-order chi connectivity index (χ1) is 13.6. The Morgan fingerprint density at radius 1 is 1.07 bits per heavy atom. The molecule has 2 aromatic rings. The molecule has 0 saturated heterocycles. The van der Waals surface area contributed by atoms with E-state index in [9.17, 15) is 4.79 Å². The predicted molar refractivity (Wildman–Crippen MR) is 110 cm³/mol. The van der Waals surface area contributed by atoms with E-state index in [1.807, 2.05) is 51.1 Å². The molecule has 0 aliphatic carbocycles. The third-order valence-electron chi connectivity index (χ3n) is 5.14. The number of quaternary nitrogens is 1. The highest BCUT2D eigenvalue weighted by Gasteiger charge is 2.24. The third-order valence-corrected chi connectivity index (χ3v) is 5.14. The summed E-state index contributed by atoms with van der Waals surface area (Å²) in [5.74, 6) is 1.71. The minimum atomic E-state index is 0.0171. The molecule has 1 heterocycles. The maximum Gasteiger partial charge on any atom is 0.275 e. The molecule has 2 N–H and O–H groups in total. The van der Waals surface area contributed by atoms with Gasteiger partial charge in [0.05, 0.1) is 25.8 Å². The number of rotatable bonds is 8. The lowest BCUT2D eigenvalue weighted by atomic mass is 9.98. The van der Waals surface area contributed by atoms with Crippen molar-refractivity contribution in [3.05, 3.63) is 59.2 Å². The minimum Gasteiger partial charge on any atom is -0.490 e. The van der Waals surface area contributed by atoms with Crippen LogP contribution in [0.3, 0.4) is 0 Å². The summed E-state index contributed by atoms with van der Waals surface area (Å²) >= 11 is 0.